The fourth-order valence-corrected chi connectivity index (χ4v) is 10.2. The number of allylic oxidation sites excluding steroid dienone is 1. The first-order valence-corrected chi connectivity index (χ1v) is 16.5. The molecule has 3 nitrogen and oxygen atoms in total. The lowest BCUT2D eigenvalue weighted by atomic mass is 9.96. The second-order valence-corrected chi connectivity index (χ2v) is 14.1. The molecule has 204 valence electrons. The highest BCUT2D eigenvalue weighted by atomic mass is 31.2. The Balaban J connectivity index is 1.44. The molecule has 0 radical (unpaired) electrons. The number of imidazole rings is 1. The van der Waals surface area contributed by atoms with Gasteiger partial charge in [0.25, 0.3) is 0 Å². The maximum absolute atomic E-state index is 16.2. The van der Waals surface area contributed by atoms with E-state index in [-0.39, 0.29) is 0 Å². The van der Waals surface area contributed by atoms with Gasteiger partial charge in [0.05, 0.1) is 11.0 Å². The quantitative estimate of drug-likeness (QED) is 0.200. The van der Waals surface area contributed by atoms with Crippen molar-refractivity contribution in [3.8, 4) is 0 Å². The Bertz CT molecular complexity index is 2410. The fourth-order valence-electron chi connectivity index (χ4n) is 7.13. The predicted molar refractivity (Wildman–Crippen MR) is 182 cm³/mol. The number of rotatable bonds is 3. The molecular formula is C39H27N2OP. The van der Waals surface area contributed by atoms with Crippen LogP contribution in [-0.2, 0) is 11.0 Å². The van der Waals surface area contributed by atoms with Crippen LogP contribution < -0.4 is 15.9 Å². The highest BCUT2D eigenvalue weighted by molar-refractivity contribution is 7.86. The summed E-state index contributed by atoms with van der Waals surface area (Å²) in [6, 6.07) is 43.8. The van der Waals surface area contributed by atoms with E-state index >= 15 is 4.57 Å². The molecule has 0 aliphatic heterocycles. The molecule has 0 amide bonds. The standard InChI is InChI=1S/C39H27N2OP/c42-43(37-21-9-13-26-11-1-3-15-29(26)37,38-22-10-14-27-12-2-4-16-30(27)38)28-23-24-31-32-17-5-7-19-35(32)41-36-20-8-6-18-34(36)40-39(41)33(31)25-28/h1-6,8-18,20-25H,7,19H2. The molecule has 4 heteroatoms. The Labute approximate surface area is 249 Å². The van der Waals surface area contributed by atoms with E-state index in [0.29, 0.717) is 0 Å². The molecule has 0 saturated carbocycles. The van der Waals surface area contributed by atoms with E-state index in [1.807, 2.05) is 42.5 Å². The summed E-state index contributed by atoms with van der Waals surface area (Å²) >= 11 is 0. The number of fused-ring (bicyclic) bond motifs is 10. The largest absolute Gasteiger partial charge is 0.309 e. The van der Waals surface area contributed by atoms with Crippen molar-refractivity contribution in [2.45, 2.75) is 12.8 Å². The Morgan fingerprint density at radius 1 is 0.628 bits per heavy atom. The molecule has 0 N–H and O–H groups in total. The Kier molecular flexibility index (Phi) is 5.30. The molecule has 0 spiro atoms. The van der Waals surface area contributed by atoms with Crippen LogP contribution in [0, 0.1) is 0 Å². The van der Waals surface area contributed by atoms with Gasteiger partial charge in [0.15, 0.2) is 7.14 Å². The Morgan fingerprint density at radius 2 is 1.28 bits per heavy atom. The van der Waals surface area contributed by atoms with Gasteiger partial charge in [-0.05, 0) is 58.0 Å². The highest BCUT2D eigenvalue weighted by Crippen LogP contribution is 2.47. The van der Waals surface area contributed by atoms with Crippen molar-refractivity contribution < 1.29 is 4.57 Å². The Morgan fingerprint density at radius 3 is 2.02 bits per heavy atom. The summed E-state index contributed by atoms with van der Waals surface area (Å²) in [5.41, 5.74) is 5.53. The zero-order valence-electron chi connectivity index (χ0n) is 23.4. The zero-order chi connectivity index (χ0) is 28.5. The summed E-state index contributed by atoms with van der Waals surface area (Å²) in [5.74, 6) is 0. The van der Waals surface area contributed by atoms with E-state index in [9.17, 15) is 0 Å². The van der Waals surface area contributed by atoms with Crippen LogP contribution in [0.1, 0.15) is 17.7 Å². The lowest BCUT2D eigenvalue weighted by Gasteiger charge is -2.24. The number of aryl methyl sites for hydroxylation is 1. The molecule has 9 rings (SSSR count). The number of hydrogen-bond donors (Lipinski definition) is 0. The zero-order valence-corrected chi connectivity index (χ0v) is 24.3. The third kappa shape index (κ3) is 3.49. The van der Waals surface area contributed by atoms with Crippen molar-refractivity contribution in [2.75, 3.05) is 0 Å². The number of pyridine rings is 1. The first-order valence-electron chi connectivity index (χ1n) is 14.8. The molecule has 0 saturated heterocycles. The molecule has 0 bridgehead atoms. The van der Waals surface area contributed by atoms with Crippen molar-refractivity contribution in [3.63, 3.8) is 0 Å². The van der Waals surface area contributed by atoms with Gasteiger partial charge in [-0.2, -0.15) is 0 Å². The summed E-state index contributed by atoms with van der Waals surface area (Å²) in [4.78, 5) is 5.17. The van der Waals surface area contributed by atoms with Gasteiger partial charge in [-0.25, -0.2) is 4.98 Å². The van der Waals surface area contributed by atoms with Crippen molar-refractivity contribution in [1.29, 1.82) is 0 Å². The van der Waals surface area contributed by atoms with Crippen LogP contribution in [0.5, 0.6) is 0 Å². The summed E-state index contributed by atoms with van der Waals surface area (Å²) in [6.45, 7) is 0. The molecule has 2 aromatic heterocycles. The van der Waals surface area contributed by atoms with Crippen LogP contribution in [0.4, 0.5) is 0 Å². The van der Waals surface area contributed by atoms with E-state index in [1.54, 1.807) is 0 Å². The molecule has 1 aliphatic rings. The van der Waals surface area contributed by atoms with Crippen LogP contribution in [0.2, 0.25) is 0 Å². The summed E-state index contributed by atoms with van der Waals surface area (Å²) < 4.78 is 18.6. The van der Waals surface area contributed by atoms with Gasteiger partial charge in [-0.3, -0.25) is 4.40 Å². The fraction of sp³-hybridized carbons (Fsp3) is 0.0513. The smallest absolute Gasteiger partial charge is 0.172 e. The Hall–Kier alpha value is -4.98. The molecule has 2 heterocycles. The van der Waals surface area contributed by atoms with E-state index < -0.39 is 7.14 Å². The van der Waals surface area contributed by atoms with E-state index in [4.69, 9.17) is 4.98 Å². The second kappa shape index (κ2) is 9.26. The molecule has 6 aromatic carbocycles. The van der Waals surface area contributed by atoms with Crippen LogP contribution in [0.25, 0.3) is 55.1 Å². The van der Waals surface area contributed by atoms with E-state index in [0.717, 1.165) is 77.8 Å². The summed E-state index contributed by atoms with van der Waals surface area (Å²) in [7, 11) is -3.37. The SMILES string of the molecule is O=P(c1ccc2c3c(n4c5ccccc5nc4c2c1)CCC=C3)(c1cccc2ccccc12)c1cccc2ccccc12. The van der Waals surface area contributed by atoms with Gasteiger partial charge in [0.2, 0.25) is 0 Å². The summed E-state index contributed by atoms with van der Waals surface area (Å²) in [6.07, 6.45) is 6.49. The first-order chi connectivity index (χ1) is 21.2. The molecule has 0 unspecified atom stereocenters. The van der Waals surface area contributed by atoms with E-state index in [2.05, 4.69) is 101 Å². The number of nitrogens with zero attached hydrogens (tertiary/aromatic N) is 2. The van der Waals surface area contributed by atoms with Crippen LogP contribution in [-0.4, -0.2) is 9.38 Å². The van der Waals surface area contributed by atoms with Crippen molar-refractivity contribution >= 4 is 78.1 Å². The van der Waals surface area contributed by atoms with Crippen LogP contribution in [0.3, 0.4) is 0 Å². The number of benzene rings is 6. The number of hydrogen-bond acceptors (Lipinski definition) is 2. The van der Waals surface area contributed by atoms with Gasteiger partial charge >= 0.3 is 0 Å². The van der Waals surface area contributed by atoms with E-state index in [1.165, 1.54) is 11.3 Å². The van der Waals surface area contributed by atoms with Crippen LogP contribution >= 0.6 is 7.14 Å². The maximum Gasteiger partial charge on any atom is 0.172 e. The third-order valence-corrected chi connectivity index (χ3v) is 12.2. The molecule has 1 aliphatic carbocycles. The highest BCUT2D eigenvalue weighted by Gasteiger charge is 2.34. The molecule has 0 atom stereocenters. The topological polar surface area (TPSA) is 34.4 Å². The lowest BCUT2D eigenvalue weighted by molar-refractivity contribution is 0.593. The molecule has 8 aromatic rings. The minimum absolute atomic E-state index is 0.821. The average molecular weight is 571 g/mol. The van der Waals surface area contributed by atoms with Gasteiger partial charge in [0.1, 0.15) is 5.65 Å². The third-order valence-electron chi connectivity index (χ3n) is 9.08. The average Bonchev–Trinajstić information content (AvgIpc) is 3.47. The van der Waals surface area contributed by atoms with Gasteiger partial charge < -0.3 is 4.57 Å². The second-order valence-electron chi connectivity index (χ2n) is 11.4. The van der Waals surface area contributed by atoms with Crippen LogP contribution in [0.15, 0.2) is 133 Å². The number of para-hydroxylation sites is 2. The predicted octanol–water partition coefficient (Wildman–Crippen LogP) is 8.55. The molecular weight excluding hydrogens is 543 g/mol. The van der Waals surface area contributed by atoms with Gasteiger partial charge in [-0.15, -0.1) is 0 Å². The summed E-state index contributed by atoms with van der Waals surface area (Å²) in [5, 5.41) is 8.94. The molecule has 43 heavy (non-hydrogen) atoms. The lowest BCUT2D eigenvalue weighted by Crippen LogP contribution is -2.26. The van der Waals surface area contributed by atoms with Gasteiger partial charge in [0, 0.05) is 32.6 Å². The van der Waals surface area contributed by atoms with Crippen molar-refractivity contribution in [3.05, 3.63) is 145 Å². The maximum atomic E-state index is 16.2. The molecule has 0 fully saturated rings. The minimum atomic E-state index is -3.37. The van der Waals surface area contributed by atoms with Crippen molar-refractivity contribution in [1.82, 2.24) is 9.38 Å². The number of aromatic nitrogens is 2. The monoisotopic (exact) mass is 570 g/mol. The van der Waals surface area contributed by atoms with Gasteiger partial charge in [-0.1, -0.05) is 121 Å². The normalized spacial score (nSPS) is 13.4. The minimum Gasteiger partial charge on any atom is -0.309 e. The first kappa shape index (κ1) is 24.6. The van der Waals surface area contributed by atoms with Crippen molar-refractivity contribution in [2.24, 2.45) is 0 Å².